The second-order valence-electron chi connectivity index (χ2n) is 19.7. The Bertz CT molecular complexity index is 3410. The number of rotatable bonds is 22. The number of nitrogens with zero attached hydrogens (tertiary/aromatic N) is 4. The van der Waals surface area contributed by atoms with Crippen molar-refractivity contribution in [3.8, 4) is 40.2 Å². The molecule has 0 spiro atoms. The summed E-state index contributed by atoms with van der Waals surface area (Å²) in [5, 5.41) is 105. The van der Waals surface area contributed by atoms with Crippen LogP contribution in [0.1, 0.15) is 98.2 Å². The first kappa shape index (κ1) is 58.1. The first-order chi connectivity index (χ1) is 39.0. The van der Waals surface area contributed by atoms with Gasteiger partial charge in [-0.15, -0.1) is 16.9 Å². The molecule has 2 aliphatic rings. The quantitative estimate of drug-likeness (QED) is 0.0343. The average Bonchev–Trinajstić information content (AvgIpc) is 4.00. The van der Waals surface area contributed by atoms with Gasteiger partial charge in [-0.25, -0.2) is 4.79 Å². The van der Waals surface area contributed by atoms with E-state index in [0.29, 0.717) is 11.3 Å². The van der Waals surface area contributed by atoms with Gasteiger partial charge in [0.25, 0.3) is 17.7 Å². The minimum absolute atomic E-state index is 0.00356. The van der Waals surface area contributed by atoms with E-state index in [1.165, 1.54) is 112 Å². The highest BCUT2D eigenvalue weighted by atomic mass is 32.2. The lowest BCUT2D eigenvalue weighted by Crippen LogP contribution is -2.71. The Morgan fingerprint density at radius 1 is 0.683 bits per heavy atom. The molecule has 2 saturated heterocycles. The van der Waals surface area contributed by atoms with Gasteiger partial charge in [0.05, 0.1) is 34.6 Å². The summed E-state index contributed by atoms with van der Waals surface area (Å²) in [6.45, 7) is 2.44. The maximum Gasteiger partial charge on any atom is 0.327 e. The Kier molecular flexibility index (Phi) is 17.4. The van der Waals surface area contributed by atoms with E-state index in [0.717, 1.165) is 0 Å². The normalized spacial score (nSPS) is 16.2. The number of aromatic nitrogens is 3. The number of para-hydroxylation sites is 3. The van der Waals surface area contributed by atoms with Gasteiger partial charge in [-0.2, -0.15) is 0 Å². The number of aromatic hydroxyl groups is 7. The lowest BCUT2D eigenvalue weighted by atomic mass is 9.95. The van der Waals surface area contributed by atoms with Crippen molar-refractivity contribution in [1.82, 2.24) is 46.5 Å². The fourth-order valence-corrected chi connectivity index (χ4v) is 11.0. The highest BCUT2D eigenvalue weighted by molar-refractivity contribution is 8.01. The number of aliphatic carboxylic acids is 1. The smallest absolute Gasteiger partial charge is 0.327 e. The molecule has 0 radical (unpaired) electrons. The molecule has 0 unspecified atom stereocenters. The molecule has 1 aromatic heterocycles. The molecule has 5 aromatic carbocycles. The first-order valence-electron chi connectivity index (χ1n) is 25.3. The average molecular weight is 1150 g/mol. The number of carboxylic acid groups (broad SMARTS) is 1. The number of phenolic OH excluding ortho intramolecular Hbond substituents is 7. The van der Waals surface area contributed by atoms with Crippen molar-refractivity contribution in [1.29, 1.82) is 0 Å². The lowest BCUT2D eigenvalue weighted by Gasteiger charge is -2.44. The largest absolute Gasteiger partial charge is 0.508 e. The summed E-state index contributed by atoms with van der Waals surface area (Å²) in [6.07, 6.45) is 1.64. The van der Waals surface area contributed by atoms with Gasteiger partial charge in [0, 0.05) is 43.4 Å². The maximum atomic E-state index is 13.9. The molecular formula is C55H56N10O16S. The van der Waals surface area contributed by atoms with Crippen LogP contribution in [0.5, 0.6) is 40.2 Å². The fourth-order valence-electron chi connectivity index (χ4n) is 9.34. The number of amides is 7. The third-order valence-corrected chi connectivity index (χ3v) is 15.1. The van der Waals surface area contributed by atoms with Gasteiger partial charge < -0.3 is 77.7 Å². The van der Waals surface area contributed by atoms with Crippen molar-refractivity contribution in [3.63, 3.8) is 0 Å². The molecule has 0 aliphatic carbocycles. The van der Waals surface area contributed by atoms with E-state index in [2.05, 4.69) is 42.2 Å². The second kappa shape index (κ2) is 24.5. The molecule has 6 aromatic rings. The number of carbonyl (C=O) groups excluding carboxylic acids is 7. The molecule has 2 aliphatic heterocycles. The molecule has 27 heteroatoms. The number of aryl methyl sites for hydroxylation is 2. The van der Waals surface area contributed by atoms with E-state index in [4.69, 9.17) is 0 Å². The van der Waals surface area contributed by atoms with Gasteiger partial charge in [0.2, 0.25) is 23.6 Å². The second-order valence-corrected chi connectivity index (χ2v) is 21.4. The standard InChI is InChI=1S/C55H56N10O16S/c1-55(2)47(54(80)81)65-52(79)43(53(65)82-55)61-51(78)42(28-15-17-32(66)18-16-28)60-40(71)19-20-64-26-31(62-63-64)7-3-14-39(70)59-41-29(24-57-49(76)34-9-5-12-37(68)45(34)73)21-27(23-56-48(75)33-8-4-11-36(67)44(33)72)22-30(41)25-58-50(77)35-10-6-13-38(69)46(35)74/h4-6,8-13,15-18,21-22,26,42-43,47,53,66-69,72-74H,3,7,14,19-20,23-25H2,1-2H3,(H,56,75)(H,57,76)(H,58,77)(H,59,70)(H,60,71)(H,61,78)(H,80,81)/t42-,43-,47+,53-/m1/s1. The Balaban J connectivity index is 0.940. The minimum atomic E-state index is -1.32. The lowest BCUT2D eigenvalue weighted by molar-refractivity contribution is -0.161. The van der Waals surface area contributed by atoms with Crippen LogP contribution in [0.4, 0.5) is 5.69 Å². The Morgan fingerprint density at radius 3 is 1.73 bits per heavy atom. The van der Waals surface area contributed by atoms with Gasteiger partial charge in [-0.05, 0) is 97.5 Å². The van der Waals surface area contributed by atoms with Crippen LogP contribution >= 0.6 is 11.8 Å². The zero-order valence-corrected chi connectivity index (χ0v) is 44.6. The van der Waals surface area contributed by atoms with Gasteiger partial charge in [-0.3, -0.25) is 38.2 Å². The first-order valence-corrected chi connectivity index (χ1v) is 26.2. The van der Waals surface area contributed by atoms with Crippen LogP contribution in [-0.4, -0.2) is 130 Å². The summed E-state index contributed by atoms with van der Waals surface area (Å²) in [5.41, 5.74) is 0.771. The Hall–Kier alpha value is -10.1. The van der Waals surface area contributed by atoms with Crippen LogP contribution < -0.4 is 31.9 Å². The number of β-lactam (4-membered cyclic amide) rings is 1. The van der Waals surface area contributed by atoms with Gasteiger partial charge in [-0.1, -0.05) is 47.7 Å². The van der Waals surface area contributed by atoms with Crippen molar-refractivity contribution in [2.45, 2.75) is 94.0 Å². The summed E-state index contributed by atoms with van der Waals surface area (Å²) in [5.74, 6) is -9.91. The molecule has 3 heterocycles. The zero-order chi connectivity index (χ0) is 59.2. The number of carboxylic acids is 1. The number of carbonyl (C=O) groups is 8. The number of anilines is 1. The molecule has 8 rings (SSSR count). The molecule has 0 saturated carbocycles. The van der Waals surface area contributed by atoms with Crippen molar-refractivity contribution >= 4 is 64.8 Å². The van der Waals surface area contributed by atoms with Crippen LogP contribution in [-0.2, 0) is 56.6 Å². The molecule has 2 fully saturated rings. The highest BCUT2D eigenvalue weighted by Crippen LogP contribution is 2.51. The highest BCUT2D eigenvalue weighted by Gasteiger charge is 2.64. The molecular weight excluding hydrogens is 1090 g/mol. The summed E-state index contributed by atoms with van der Waals surface area (Å²) < 4.78 is 0.544. The summed E-state index contributed by atoms with van der Waals surface area (Å²) in [6, 6.07) is 16.4. The van der Waals surface area contributed by atoms with Crippen LogP contribution in [0.2, 0.25) is 0 Å². The van der Waals surface area contributed by atoms with Crippen molar-refractivity contribution in [2.75, 3.05) is 5.32 Å². The Morgan fingerprint density at radius 2 is 1.21 bits per heavy atom. The molecule has 26 nitrogen and oxygen atoms in total. The molecule has 0 bridgehead atoms. The number of benzene rings is 5. The van der Waals surface area contributed by atoms with Crippen LogP contribution in [0.3, 0.4) is 0 Å². The van der Waals surface area contributed by atoms with E-state index < -0.39 is 110 Å². The summed E-state index contributed by atoms with van der Waals surface area (Å²) >= 11 is 1.24. The third-order valence-electron chi connectivity index (χ3n) is 13.5. The van der Waals surface area contributed by atoms with Gasteiger partial charge >= 0.3 is 5.97 Å². The maximum absolute atomic E-state index is 13.9. The summed E-state index contributed by atoms with van der Waals surface area (Å²) in [7, 11) is 0. The third kappa shape index (κ3) is 13.0. The predicted molar refractivity (Wildman–Crippen MR) is 290 cm³/mol. The van der Waals surface area contributed by atoms with Crippen molar-refractivity contribution in [2.24, 2.45) is 0 Å². The van der Waals surface area contributed by atoms with E-state index in [9.17, 15) is 79.2 Å². The van der Waals surface area contributed by atoms with Gasteiger partial charge in [0.1, 0.15) is 29.2 Å². The fraction of sp³-hybridized carbons (Fsp3) is 0.273. The number of hydrogen-bond acceptors (Lipinski definition) is 18. The topological polar surface area (TPSA) is 405 Å². The Labute approximate surface area is 470 Å². The zero-order valence-electron chi connectivity index (χ0n) is 43.7. The molecule has 7 amide bonds. The van der Waals surface area contributed by atoms with E-state index in [1.54, 1.807) is 20.0 Å². The van der Waals surface area contributed by atoms with Gasteiger partial charge in [0.15, 0.2) is 34.5 Å². The van der Waals surface area contributed by atoms with Crippen LogP contribution in [0, 0.1) is 0 Å². The predicted octanol–water partition coefficient (Wildman–Crippen LogP) is 2.85. The molecule has 428 valence electrons. The molecule has 4 atom stereocenters. The van der Waals surface area contributed by atoms with Crippen LogP contribution in [0.25, 0.3) is 0 Å². The minimum Gasteiger partial charge on any atom is -0.508 e. The summed E-state index contributed by atoms with van der Waals surface area (Å²) in [4.78, 5) is 107. The van der Waals surface area contributed by atoms with E-state index >= 15 is 0 Å². The van der Waals surface area contributed by atoms with Crippen LogP contribution in [0.15, 0.2) is 97.2 Å². The number of fused-ring (bicyclic) bond motifs is 1. The number of phenols is 7. The van der Waals surface area contributed by atoms with E-state index in [-0.39, 0.29) is 96.7 Å². The molecule has 82 heavy (non-hydrogen) atoms. The van der Waals surface area contributed by atoms with Crippen molar-refractivity contribution in [3.05, 3.63) is 142 Å². The van der Waals surface area contributed by atoms with E-state index in [1.807, 2.05) is 0 Å². The number of hydrogen-bond donors (Lipinski definition) is 14. The van der Waals surface area contributed by atoms with Crippen molar-refractivity contribution < 1.29 is 79.2 Å². The monoisotopic (exact) mass is 1140 g/mol. The number of thioether (sulfide) groups is 1. The molecule has 14 N–H and O–H groups in total. The SMILES string of the molecule is CC1(C)S[C@@H]2[C@H](NC(=O)[C@H](NC(=O)CCn3cc(CCCC(=O)Nc4c(CNC(=O)c5cccc(O)c5O)cc(CNC(=O)c5cccc(O)c5O)cc4CNC(=O)c4cccc(O)c4O)nn3)c3ccc(O)cc3)C(=O)N2[C@H]1C(=O)O. The number of nitrogens with one attached hydrogen (secondary N) is 6.